The second-order valence-corrected chi connectivity index (χ2v) is 8.71. The van der Waals surface area contributed by atoms with E-state index in [4.69, 9.17) is 4.74 Å². The van der Waals surface area contributed by atoms with Crippen LogP contribution in [-0.4, -0.2) is 50.9 Å². The predicted molar refractivity (Wildman–Crippen MR) is 126 cm³/mol. The highest BCUT2D eigenvalue weighted by Gasteiger charge is 2.20. The van der Waals surface area contributed by atoms with Gasteiger partial charge in [-0.25, -0.2) is 19.3 Å². The molecule has 4 rings (SSSR count). The summed E-state index contributed by atoms with van der Waals surface area (Å²) in [5.74, 6) is 0.380. The number of imidazole rings is 1. The first kappa shape index (κ1) is 23.7. The number of rotatable bonds is 8. The fraction of sp³-hybridized carbons (Fsp3) is 0.476. The minimum absolute atomic E-state index is 0.000796. The molecule has 0 radical (unpaired) electrons. The number of hydrogen-bond acceptors (Lipinski definition) is 9. The van der Waals surface area contributed by atoms with Crippen LogP contribution < -0.4 is 11.2 Å². The largest absolute Gasteiger partial charge is 0.457 e. The first-order chi connectivity index (χ1) is 16.2. The molecule has 0 bridgehead atoms. The summed E-state index contributed by atoms with van der Waals surface area (Å²) in [5.41, 5.74) is 1.68. The SMILES string of the molecule is CCCCn1c(=O)[nH]c(=O)c2c1nc(COC(=O)Cc1c(C)nc3nc(SC)nn3c1C)n2C. The van der Waals surface area contributed by atoms with E-state index in [1.807, 2.05) is 27.0 Å². The number of hydrogen-bond donors (Lipinski definition) is 1. The monoisotopic (exact) mass is 486 g/mol. The maximum Gasteiger partial charge on any atom is 0.330 e. The average molecular weight is 487 g/mol. The van der Waals surface area contributed by atoms with Gasteiger partial charge in [-0.1, -0.05) is 25.1 Å². The standard InChI is InChI=1S/C21H26N8O4S/c1-6-7-8-28-17-16(18(31)24-21(28)32)27(4)14(23-17)10-33-15(30)9-13-11(2)22-19-25-20(34-5)26-29(19)12(13)3/h6-10H2,1-5H3,(H,24,31,32). The Kier molecular flexibility index (Phi) is 6.55. The number of unbranched alkanes of at least 4 members (excludes halogenated alkanes) is 1. The molecule has 12 nitrogen and oxygen atoms in total. The summed E-state index contributed by atoms with van der Waals surface area (Å²) in [6.45, 7) is 5.98. The van der Waals surface area contributed by atoms with Crippen molar-refractivity contribution in [3.05, 3.63) is 43.6 Å². The van der Waals surface area contributed by atoms with E-state index in [0.29, 0.717) is 34.6 Å². The molecule has 0 aliphatic heterocycles. The number of carbonyl (C=O) groups excluding carboxylic acids is 1. The van der Waals surface area contributed by atoms with Crippen LogP contribution in [0.25, 0.3) is 16.9 Å². The number of H-pyrrole nitrogens is 1. The highest BCUT2D eigenvalue weighted by atomic mass is 32.2. The van der Waals surface area contributed by atoms with Crippen LogP contribution in [0.5, 0.6) is 0 Å². The number of ether oxygens (including phenoxy) is 1. The van der Waals surface area contributed by atoms with E-state index in [0.717, 1.165) is 18.5 Å². The zero-order valence-corrected chi connectivity index (χ0v) is 20.5. The molecule has 1 N–H and O–H groups in total. The Hall–Kier alpha value is -3.48. The molecule has 4 aromatic rings. The topological polar surface area (TPSA) is 142 Å². The van der Waals surface area contributed by atoms with E-state index in [1.165, 1.54) is 16.3 Å². The third-order valence-electron chi connectivity index (χ3n) is 5.74. The van der Waals surface area contributed by atoms with Crippen molar-refractivity contribution in [2.45, 2.75) is 58.3 Å². The summed E-state index contributed by atoms with van der Waals surface area (Å²) in [7, 11) is 1.66. The van der Waals surface area contributed by atoms with Gasteiger partial charge in [0, 0.05) is 30.5 Å². The van der Waals surface area contributed by atoms with Gasteiger partial charge >= 0.3 is 11.7 Å². The number of nitrogens with one attached hydrogen (secondary N) is 1. The summed E-state index contributed by atoms with van der Waals surface area (Å²) in [6, 6.07) is 0. The summed E-state index contributed by atoms with van der Waals surface area (Å²) >= 11 is 1.41. The minimum Gasteiger partial charge on any atom is -0.457 e. The number of esters is 1. The van der Waals surface area contributed by atoms with Crippen LogP contribution >= 0.6 is 11.8 Å². The van der Waals surface area contributed by atoms with Crippen molar-refractivity contribution in [2.24, 2.45) is 7.05 Å². The van der Waals surface area contributed by atoms with Crippen molar-refractivity contribution in [1.82, 2.24) is 38.7 Å². The van der Waals surface area contributed by atoms with Crippen molar-refractivity contribution >= 4 is 34.7 Å². The van der Waals surface area contributed by atoms with Crippen molar-refractivity contribution in [3.63, 3.8) is 0 Å². The fourth-order valence-electron chi connectivity index (χ4n) is 3.82. The van der Waals surface area contributed by atoms with Crippen LogP contribution in [0.1, 0.15) is 42.5 Å². The highest BCUT2D eigenvalue weighted by molar-refractivity contribution is 7.98. The Labute approximate surface area is 198 Å². The third-order valence-corrected chi connectivity index (χ3v) is 6.27. The first-order valence-corrected chi connectivity index (χ1v) is 12.1. The number of nitrogens with zero attached hydrogens (tertiary/aromatic N) is 7. The lowest BCUT2D eigenvalue weighted by atomic mass is 10.1. The molecule has 0 aliphatic carbocycles. The average Bonchev–Trinajstić information content (AvgIpc) is 3.36. The van der Waals surface area contributed by atoms with Crippen molar-refractivity contribution < 1.29 is 9.53 Å². The molecule has 0 spiro atoms. The second kappa shape index (κ2) is 9.41. The zero-order valence-electron chi connectivity index (χ0n) is 19.7. The van der Waals surface area contributed by atoms with Gasteiger partial charge in [-0.15, -0.1) is 5.10 Å². The molecule has 0 fully saturated rings. The fourth-order valence-corrected chi connectivity index (χ4v) is 4.15. The predicted octanol–water partition coefficient (Wildman–Crippen LogP) is 1.29. The van der Waals surface area contributed by atoms with Crippen LogP contribution in [0.2, 0.25) is 0 Å². The van der Waals surface area contributed by atoms with E-state index in [-0.39, 0.29) is 24.2 Å². The minimum atomic E-state index is -0.525. The molecular formula is C21H26N8O4S. The van der Waals surface area contributed by atoms with Crippen molar-refractivity contribution in [1.29, 1.82) is 0 Å². The Morgan fingerprint density at radius 2 is 1.94 bits per heavy atom. The van der Waals surface area contributed by atoms with Crippen LogP contribution in [0.3, 0.4) is 0 Å². The summed E-state index contributed by atoms with van der Waals surface area (Å²) in [4.78, 5) is 52.9. The lowest BCUT2D eigenvalue weighted by Crippen LogP contribution is -2.31. The molecule has 0 aliphatic rings. The molecule has 13 heteroatoms. The highest BCUT2D eigenvalue weighted by Crippen LogP contribution is 2.18. The molecular weight excluding hydrogens is 460 g/mol. The number of aromatic nitrogens is 8. The van der Waals surface area contributed by atoms with Gasteiger partial charge in [-0.05, 0) is 26.5 Å². The molecule has 0 unspecified atom stereocenters. The van der Waals surface area contributed by atoms with Gasteiger partial charge in [0.2, 0.25) is 5.16 Å². The molecule has 0 saturated heterocycles. The van der Waals surface area contributed by atoms with E-state index in [1.54, 1.807) is 16.1 Å². The number of fused-ring (bicyclic) bond motifs is 2. The molecule has 0 atom stereocenters. The lowest BCUT2D eigenvalue weighted by Gasteiger charge is -2.10. The van der Waals surface area contributed by atoms with Crippen LogP contribution in [0.15, 0.2) is 14.7 Å². The number of aryl methyl sites for hydroxylation is 4. The Balaban J connectivity index is 1.57. The van der Waals surface area contributed by atoms with Gasteiger partial charge in [0.25, 0.3) is 11.3 Å². The van der Waals surface area contributed by atoms with Gasteiger partial charge in [-0.3, -0.25) is 19.1 Å². The van der Waals surface area contributed by atoms with Crippen molar-refractivity contribution in [3.8, 4) is 0 Å². The van der Waals surface area contributed by atoms with Gasteiger partial charge in [0.1, 0.15) is 12.4 Å². The van der Waals surface area contributed by atoms with E-state index in [2.05, 4.69) is 25.0 Å². The van der Waals surface area contributed by atoms with E-state index < -0.39 is 17.2 Å². The second-order valence-electron chi connectivity index (χ2n) is 7.93. The van der Waals surface area contributed by atoms with E-state index in [9.17, 15) is 14.4 Å². The van der Waals surface area contributed by atoms with Gasteiger partial charge < -0.3 is 9.30 Å². The molecule has 34 heavy (non-hydrogen) atoms. The Morgan fingerprint density at radius 1 is 1.18 bits per heavy atom. The number of carbonyl (C=O) groups is 1. The van der Waals surface area contributed by atoms with E-state index >= 15 is 0 Å². The van der Waals surface area contributed by atoms with Crippen LogP contribution in [-0.2, 0) is 36.2 Å². The van der Waals surface area contributed by atoms with Gasteiger partial charge in [0.05, 0.1) is 6.42 Å². The van der Waals surface area contributed by atoms with Crippen LogP contribution in [0.4, 0.5) is 0 Å². The number of aromatic amines is 1. The third kappa shape index (κ3) is 4.22. The molecule has 4 heterocycles. The van der Waals surface area contributed by atoms with Gasteiger partial charge in [-0.2, -0.15) is 4.98 Å². The van der Waals surface area contributed by atoms with Crippen molar-refractivity contribution in [2.75, 3.05) is 6.26 Å². The normalized spacial score (nSPS) is 11.6. The summed E-state index contributed by atoms with van der Waals surface area (Å²) in [6.07, 6.45) is 3.54. The quantitative estimate of drug-likeness (QED) is 0.288. The molecule has 180 valence electrons. The molecule has 0 saturated carbocycles. The Morgan fingerprint density at radius 3 is 2.65 bits per heavy atom. The Bertz CT molecular complexity index is 1510. The molecule has 4 aromatic heterocycles. The number of thioether (sulfide) groups is 1. The molecule has 0 aromatic carbocycles. The smallest absolute Gasteiger partial charge is 0.330 e. The summed E-state index contributed by atoms with van der Waals surface area (Å²) < 4.78 is 10.1. The maximum atomic E-state index is 12.7. The lowest BCUT2D eigenvalue weighted by molar-refractivity contribution is -0.144. The van der Waals surface area contributed by atoms with Crippen LogP contribution in [0, 0.1) is 13.8 Å². The maximum absolute atomic E-state index is 12.7. The molecule has 0 amide bonds. The zero-order chi connectivity index (χ0) is 24.6. The first-order valence-electron chi connectivity index (χ1n) is 10.9. The van der Waals surface area contributed by atoms with Gasteiger partial charge in [0.15, 0.2) is 11.2 Å². The summed E-state index contributed by atoms with van der Waals surface area (Å²) in [5, 5.41) is 5.00.